The zero-order valence-corrected chi connectivity index (χ0v) is 18.4. The first-order valence-electron chi connectivity index (χ1n) is 10.1. The number of H-pyrrole nitrogens is 1. The van der Waals surface area contributed by atoms with Gasteiger partial charge in [0.25, 0.3) is 5.91 Å². The van der Waals surface area contributed by atoms with Crippen LogP contribution in [0.3, 0.4) is 0 Å². The number of ether oxygens (including phenoxy) is 3. The molecule has 2 amide bonds. The second kappa shape index (κ2) is 9.44. The van der Waals surface area contributed by atoms with Gasteiger partial charge in [0.1, 0.15) is 12.2 Å². The van der Waals surface area contributed by atoms with E-state index in [1.807, 2.05) is 33.8 Å². The van der Waals surface area contributed by atoms with Gasteiger partial charge in [-0.25, -0.2) is 4.79 Å². The van der Waals surface area contributed by atoms with Crippen LogP contribution in [0.5, 0.6) is 0 Å². The number of methoxy groups -OCH3 is 1. The van der Waals surface area contributed by atoms with Crippen LogP contribution < -0.4 is 10.6 Å². The first-order chi connectivity index (χ1) is 14.6. The van der Waals surface area contributed by atoms with Gasteiger partial charge in [0.2, 0.25) is 0 Å². The molecule has 10 nitrogen and oxygen atoms in total. The molecule has 3 heterocycles. The smallest absolute Gasteiger partial charge is 0.407 e. The number of carbonyl (C=O) groups is 2. The van der Waals surface area contributed by atoms with E-state index in [-0.39, 0.29) is 23.7 Å². The van der Waals surface area contributed by atoms with Crippen molar-refractivity contribution in [2.45, 2.75) is 58.5 Å². The largest absolute Gasteiger partial charge is 0.444 e. The predicted octanol–water partition coefficient (Wildman–Crippen LogP) is 2.87. The number of pyridine rings is 1. The van der Waals surface area contributed by atoms with E-state index in [0.717, 1.165) is 11.3 Å². The number of anilines is 1. The zero-order valence-electron chi connectivity index (χ0n) is 18.4. The van der Waals surface area contributed by atoms with E-state index in [2.05, 4.69) is 25.8 Å². The number of alkyl carbamates (subject to hydrolysis) is 1. The topological polar surface area (TPSA) is 127 Å². The van der Waals surface area contributed by atoms with Gasteiger partial charge in [-0.1, -0.05) is 0 Å². The molecule has 0 aromatic carbocycles. The number of nitrogens with zero attached hydrogens (tertiary/aromatic N) is 2. The number of aryl methyl sites for hydroxylation is 1. The number of hydrogen-bond acceptors (Lipinski definition) is 7. The average molecular weight is 431 g/mol. The highest BCUT2D eigenvalue weighted by atomic mass is 16.6. The standard InChI is InChI=1S/C21H29N5O5/c1-12-6-13(10-29-5)22-9-15(12)19(27)23-18-8-16(25-26-18)17-7-14(11-30-17)31-20(28)24-21(2,3)4/h6,8-9,14,17H,7,10-11H2,1-5H3,(H,24,28)(H2,23,25,26,27)/t14-,17-/m0/s1. The van der Waals surface area contributed by atoms with E-state index >= 15 is 0 Å². The molecule has 3 rings (SSSR count). The van der Waals surface area contributed by atoms with Gasteiger partial charge in [-0.05, 0) is 39.3 Å². The minimum absolute atomic E-state index is 0.293. The number of amides is 2. The molecule has 0 spiro atoms. The van der Waals surface area contributed by atoms with Crippen molar-refractivity contribution >= 4 is 17.8 Å². The molecule has 31 heavy (non-hydrogen) atoms. The molecule has 1 saturated heterocycles. The minimum atomic E-state index is -0.472. The van der Waals surface area contributed by atoms with Crippen molar-refractivity contribution in [1.82, 2.24) is 20.5 Å². The van der Waals surface area contributed by atoms with Crippen molar-refractivity contribution in [3.63, 3.8) is 0 Å². The molecular formula is C21H29N5O5. The van der Waals surface area contributed by atoms with E-state index in [1.54, 1.807) is 13.2 Å². The highest BCUT2D eigenvalue weighted by Gasteiger charge is 2.31. The van der Waals surface area contributed by atoms with Crippen LogP contribution in [-0.2, 0) is 20.8 Å². The predicted molar refractivity (Wildman–Crippen MR) is 113 cm³/mol. The van der Waals surface area contributed by atoms with Gasteiger partial charge >= 0.3 is 6.09 Å². The monoisotopic (exact) mass is 431 g/mol. The molecule has 1 fully saturated rings. The Labute approximate surface area is 181 Å². The van der Waals surface area contributed by atoms with Crippen molar-refractivity contribution in [3.8, 4) is 0 Å². The fourth-order valence-corrected chi connectivity index (χ4v) is 3.21. The normalized spacial score (nSPS) is 18.6. The first-order valence-corrected chi connectivity index (χ1v) is 10.1. The Morgan fingerprint density at radius 2 is 2.10 bits per heavy atom. The summed E-state index contributed by atoms with van der Waals surface area (Å²) in [7, 11) is 1.59. The quantitative estimate of drug-likeness (QED) is 0.642. The van der Waals surface area contributed by atoms with Crippen LogP contribution in [0.25, 0.3) is 0 Å². The zero-order chi connectivity index (χ0) is 22.6. The maximum Gasteiger partial charge on any atom is 0.407 e. The summed E-state index contributed by atoms with van der Waals surface area (Å²) in [5.74, 6) is 0.0678. The molecule has 10 heteroatoms. The Morgan fingerprint density at radius 3 is 2.77 bits per heavy atom. The Hall–Kier alpha value is -2.98. The maximum atomic E-state index is 12.6. The molecular weight excluding hydrogens is 402 g/mol. The van der Waals surface area contributed by atoms with Crippen molar-refractivity contribution in [2.24, 2.45) is 0 Å². The molecule has 2 aromatic rings. The summed E-state index contributed by atoms with van der Waals surface area (Å²) in [6.45, 7) is 8.17. The van der Waals surface area contributed by atoms with Crippen LogP contribution in [0.15, 0.2) is 18.3 Å². The highest BCUT2D eigenvalue weighted by molar-refractivity contribution is 6.04. The third kappa shape index (κ3) is 6.25. The summed E-state index contributed by atoms with van der Waals surface area (Å²) in [5.41, 5.74) is 2.33. The molecule has 2 atom stereocenters. The second-order valence-electron chi connectivity index (χ2n) is 8.55. The fraction of sp³-hybridized carbons (Fsp3) is 0.524. The number of aromatic amines is 1. The Morgan fingerprint density at radius 1 is 1.32 bits per heavy atom. The molecule has 1 aliphatic heterocycles. The summed E-state index contributed by atoms with van der Waals surface area (Å²) in [4.78, 5) is 28.8. The van der Waals surface area contributed by atoms with Gasteiger partial charge < -0.3 is 24.8 Å². The van der Waals surface area contributed by atoms with Crippen molar-refractivity contribution in [1.29, 1.82) is 0 Å². The van der Waals surface area contributed by atoms with Crippen molar-refractivity contribution in [3.05, 3.63) is 40.8 Å². The molecule has 3 N–H and O–H groups in total. The van der Waals surface area contributed by atoms with E-state index < -0.39 is 6.09 Å². The summed E-state index contributed by atoms with van der Waals surface area (Å²) in [6.07, 6.45) is 0.893. The molecule has 0 saturated carbocycles. The molecule has 0 unspecified atom stereocenters. The summed E-state index contributed by atoms with van der Waals surface area (Å²) in [6, 6.07) is 3.53. The number of hydrogen-bond donors (Lipinski definition) is 3. The maximum absolute atomic E-state index is 12.6. The van der Waals surface area contributed by atoms with E-state index in [9.17, 15) is 9.59 Å². The van der Waals surface area contributed by atoms with Crippen molar-refractivity contribution < 1.29 is 23.8 Å². The first kappa shape index (κ1) is 22.7. The summed E-state index contributed by atoms with van der Waals surface area (Å²) in [5, 5.41) is 12.5. The Bertz CT molecular complexity index is 936. The Kier molecular flexibility index (Phi) is 6.91. The number of carbonyl (C=O) groups excluding carboxylic acids is 2. The van der Waals surface area contributed by atoms with Crippen LogP contribution in [0.1, 0.15) is 60.6 Å². The summed E-state index contributed by atoms with van der Waals surface area (Å²) < 4.78 is 16.2. The van der Waals surface area contributed by atoms with Gasteiger partial charge in [0.15, 0.2) is 5.82 Å². The van der Waals surface area contributed by atoms with E-state index in [1.165, 1.54) is 6.20 Å². The molecule has 1 aliphatic rings. The van der Waals surface area contributed by atoms with Gasteiger partial charge in [-0.2, -0.15) is 5.10 Å². The lowest BCUT2D eigenvalue weighted by atomic mass is 10.1. The highest BCUT2D eigenvalue weighted by Crippen LogP contribution is 2.30. The van der Waals surface area contributed by atoms with Gasteiger partial charge in [0.05, 0.1) is 30.2 Å². The number of nitrogens with one attached hydrogen (secondary N) is 3. The van der Waals surface area contributed by atoms with E-state index in [4.69, 9.17) is 14.2 Å². The second-order valence-corrected chi connectivity index (χ2v) is 8.55. The fourth-order valence-electron chi connectivity index (χ4n) is 3.21. The van der Waals surface area contributed by atoms with Crippen LogP contribution in [0, 0.1) is 6.92 Å². The lowest BCUT2D eigenvalue weighted by Crippen LogP contribution is -2.42. The number of aromatic nitrogens is 3. The molecule has 0 radical (unpaired) electrons. The lowest BCUT2D eigenvalue weighted by Gasteiger charge is -2.21. The van der Waals surface area contributed by atoms with Gasteiger partial charge in [-0.15, -0.1) is 0 Å². The molecule has 2 aromatic heterocycles. The third-order valence-electron chi connectivity index (χ3n) is 4.60. The van der Waals surface area contributed by atoms with Gasteiger partial charge in [0, 0.05) is 31.3 Å². The molecule has 0 aliphatic carbocycles. The number of rotatable bonds is 6. The van der Waals surface area contributed by atoms with Crippen LogP contribution in [0.2, 0.25) is 0 Å². The lowest BCUT2D eigenvalue weighted by molar-refractivity contribution is 0.0661. The van der Waals surface area contributed by atoms with E-state index in [0.29, 0.717) is 36.7 Å². The van der Waals surface area contributed by atoms with Crippen LogP contribution >= 0.6 is 0 Å². The molecule has 168 valence electrons. The average Bonchev–Trinajstić information content (AvgIpc) is 3.29. The van der Waals surface area contributed by atoms with Crippen LogP contribution in [0.4, 0.5) is 10.6 Å². The Balaban J connectivity index is 1.56. The van der Waals surface area contributed by atoms with Crippen LogP contribution in [-0.4, -0.2) is 52.5 Å². The third-order valence-corrected chi connectivity index (χ3v) is 4.60. The minimum Gasteiger partial charge on any atom is -0.444 e. The molecule has 0 bridgehead atoms. The van der Waals surface area contributed by atoms with Gasteiger partial charge in [-0.3, -0.25) is 14.9 Å². The summed E-state index contributed by atoms with van der Waals surface area (Å²) >= 11 is 0. The SMILES string of the molecule is COCc1cc(C)c(C(=O)Nc2cc([C@@H]3C[C@H](OC(=O)NC(C)(C)C)CO3)[nH]n2)cn1. The van der Waals surface area contributed by atoms with Crippen molar-refractivity contribution in [2.75, 3.05) is 19.0 Å².